The highest BCUT2D eigenvalue weighted by molar-refractivity contribution is 7.99. The van der Waals surface area contributed by atoms with Crippen LogP contribution in [0.3, 0.4) is 0 Å². The van der Waals surface area contributed by atoms with Crippen LogP contribution >= 0.6 is 23.1 Å². The summed E-state index contributed by atoms with van der Waals surface area (Å²) in [5, 5.41) is 13.3. The highest BCUT2D eigenvalue weighted by Crippen LogP contribution is 2.34. The number of rotatable bonds is 9. The summed E-state index contributed by atoms with van der Waals surface area (Å²) in [7, 11) is 0. The Labute approximate surface area is 215 Å². The van der Waals surface area contributed by atoms with Gasteiger partial charge in [0, 0.05) is 11.3 Å². The molecule has 0 saturated heterocycles. The zero-order chi connectivity index (χ0) is 25.5. The summed E-state index contributed by atoms with van der Waals surface area (Å²) >= 11 is 2.16. The van der Waals surface area contributed by atoms with E-state index in [2.05, 4.69) is 25.8 Å². The van der Waals surface area contributed by atoms with Gasteiger partial charge in [-0.2, -0.15) is 0 Å². The van der Waals surface area contributed by atoms with E-state index in [4.69, 9.17) is 4.74 Å². The maximum atomic E-state index is 13.1. The van der Waals surface area contributed by atoms with Gasteiger partial charge in [-0.05, 0) is 31.5 Å². The molecule has 11 heteroatoms. The van der Waals surface area contributed by atoms with E-state index in [-0.39, 0.29) is 33.7 Å². The van der Waals surface area contributed by atoms with Crippen molar-refractivity contribution in [3.63, 3.8) is 0 Å². The maximum absolute atomic E-state index is 13.1. The molecular formula is C25H23N5O4S2. The number of para-hydroxylation sites is 1. The number of carbonyl (C=O) groups is 3. The van der Waals surface area contributed by atoms with Crippen LogP contribution in [0.5, 0.6) is 0 Å². The number of aromatic nitrogens is 3. The molecule has 0 saturated carbocycles. The molecule has 2 amide bonds. The molecule has 0 radical (unpaired) electrons. The zero-order valence-corrected chi connectivity index (χ0v) is 21.2. The molecule has 2 aromatic carbocycles. The van der Waals surface area contributed by atoms with Crippen LogP contribution in [0.1, 0.15) is 32.5 Å². The number of aromatic amines is 1. The van der Waals surface area contributed by atoms with Crippen molar-refractivity contribution in [2.75, 3.05) is 23.0 Å². The highest BCUT2D eigenvalue weighted by Gasteiger charge is 2.26. The number of hydrogen-bond acceptors (Lipinski definition) is 8. The quantitative estimate of drug-likeness (QED) is 0.209. The van der Waals surface area contributed by atoms with Gasteiger partial charge < -0.3 is 15.4 Å². The highest BCUT2D eigenvalue weighted by atomic mass is 32.2. The largest absolute Gasteiger partial charge is 0.462 e. The first-order valence-corrected chi connectivity index (χ1v) is 12.8. The average molecular weight is 522 g/mol. The second kappa shape index (κ2) is 11.6. The molecule has 2 aromatic heterocycles. The van der Waals surface area contributed by atoms with Crippen LogP contribution in [0.2, 0.25) is 0 Å². The summed E-state index contributed by atoms with van der Waals surface area (Å²) in [6.45, 7) is 3.56. The number of nitrogens with one attached hydrogen (secondary N) is 3. The Bertz CT molecular complexity index is 1370. The summed E-state index contributed by atoms with van der Waals surface area (Å²) in [6.07, 6.45) is 0. The molecule has 4 aromatic rings. The fourth-order valence-corrected chi connectivity index (χ4v) is 5.02. The summed E-state index contributed by atoms with van der Waals surface area (Å²) in [4.78, 5) is 43.0. The number of esters is 1. The molecule has 4 rings (SSSR count). The van der Waals surface area contributed by atoms with Crippen molar-refractivity contribution in [1.29, 1.82) is 0 Å². The molecule has 2 heterocycles. The fourth-order valence-electron chi connectivity index (χ4n) is 3.31. The van der Waals surface area contributed by atoms with Crippen molar-refractivity contribution in [3.05, 3.63) is 76.7 Å². The van der Waals surface area contributed by atoms with E-state index in [1.54, 1.807) is 38.1 Å². The van der Waals surface area contributed by atoms with E-state index in [9.17, 15) is 14.4 Å². The first kappa shape index (κ1) is 25.1. The van der Waals surface area contributed by atoms with E-state index in [1.807, 2.05) is 36.4 Å². The van der Waals surface area contributed by atoms with Crippen LogP contribution in [-0.2, 0) is 9.53 Å². The molecule has 184 valence electrons. The van der Waals surface area contributed by atoms with Gasteiger partial charge >= 0.3 is 5.97 Å². The normalized spacial score (nSPS) is 10.6. The number of nitrogens with zero attached hydrogens (tertiary/aromatic N) is 2. The van der Waals surface area contributed by atoms with Gasteiger partial charge in [-0.3, -0.25) is 14.7 Å². The van der Waals surface area contributed by atoms with Crippen molar-refractivity contribution < 1.29 is 19.1 Å². The third-order valence-electron chi connectivity index (χ3n) is 4.96. The van der Waals surface area contributed by atoms with Gasteiger partial charge in [0.2, 0.25) is 11.1 Å². The van der Waals surface area contributed by atoms with Gasteiger partial charge in [0.15, 0.2) is 5.82 Å². The Balaban J connectivity index is 1.49. The summed E-state index contributed by atoms with van der Waals surface area (Å²) in [5.41, 5.74) is 2.14. The molecule has 3 N–H and O–H groups in total. The van der Waals surface area contributed by atoms with Gasteiger partial charge in [0.25, 0.3) is 5.91 Å². The van der Waals surface area contributed by atoms with Crippen LogP contribution in [0.25, 0.3) is 11.4 Å². The summed E-state index contributed by atoms with van der Waals surface area (Å²) in [6, 6.07) is 18.5. The third-order valence-corrected chi connectivity index (χ3v) is 7.00. The summed E-state index contributed by atoms with van der Waals surface area (Å²) in [5.74, 6) is -0.729. The number of carbonyl (C=O) groups excluding carboxylic acids is 3. The number of thiophene rings is 1. The fraction of sp³-hybridized carbons (Fsp3) is 0.160. The van der Waals surface area contributed by atoms with E-state index in [0.29, 0.717) is 22.2 Å². The Hall–Kier alpha value is -3.96. The zero-order valence-electron chi connectivity index (χ0n) is 19.5. The smallest absolute Gasteiger partial charge is 0.348 e. The number of anilines is 2. The first-order valence-electron chi connectivity index (χ1n) is 11.0. The summed E-state index contributed by atoms with van der Waals surface area (Å²) < 4.78 is 5.13. The van der Waals surface area contributed by atoms with Crippen LogP contribution in [0, 0.1) is 6.92 Å². The van der Waals surface area contributed by atoms with Gasteiger partial charge in [0.1, 0.15) is 9.88 Å². The Morgan fingerprint density at radius 1 is 1.03 bits per heavy atom. The minimum atomic E-state index is -0.544. The van der Waals surface area contributed by atoms with Gasteiger partial charge in [0.05, 0.1) is 17.9 Å². The van der Waals surface area contributed by atoms with Crippen LogP contribution in [-0.4, -0.2) is 45.3 Å². The van der Waals surface area contributed by atoms with Crippen LogP contribution in [0.15, 0.2) is 65.8 Å². The number of hydrogen-bond donors (Lipinski definition) is 3. The van der Waals surface area contributed by atoms with Crippen molar-refractivity contribution in [2.24, 2.45) is 0 Å². The van der Waals surface area contributed by atoms with Gasteiger partial charge in [-0.25, -0.2) is 9.78 Å². The molecular weight excluding hydrogens is 498 g/mol. The predicted octanol–water partition coefficient (Wildman–Crippen LogP) is 5.00. The second-order valence-electron chi connectivity index (χ2n) is 7.47. The lowest BCUT2D eigenvalue weighted by molar-refractivity contribution is -0.113. The van der Waals surface area contributed by atoms with E-state index in [1.165, 1.54) is 0 Å². The van der Waals surface area contributed by atoms with Crippen molar-refractivity contribution >= 4 is 51.6 Å². The molecule has 36 heavy (non-hydrogen) atoms. The Morgan fingerprint density at radius 3 is 2.42 bits per heavy atom. The van der Waals surface area contributed by atoms with E-state index in [0.717, 1.165) is 28.7 Å². The number of benzene rings is 2. The average Bonchev–Trinajstić information content (AvgIpc) is 3.48. The molecule has 0 unspecified atom stereocenters. The number of ether oxygens (including phenoxy) is 1. The lowest BCUT2D eigenvalue weighted by Gasteiger charge is -2.08. The standard InChI is InChI=1S/C25H23N5O4S2/c1-3-34-24(33)20-15(2)19(22(32)26-17-12-8-5-9-13-17)23(36-20)27-18(31)14-35-25-28-21(29-30-25)16-10-6-4-7-11-16/h4-13H,3,14H2,1-2H3,(H,26,32)(H,27,31)(H,28,29,30). The van der Waals surface area contributed by atoms with Crippen molar-refractivity contribution in [3.8, 4) is 11.4 Å². The SMILES string of the molecule is CCOC(=O)c1sc(NC(=O)CSc2n[nH]c(-c3ccccc3)n2)c(C(=O)Nc2ccccc2)c1C. The third kappa shape index (κ3) is 5.99. The minimum absolute atomic E-state index is 0.0114. The second-order valence-corrected chi connectivity index (χ2v) is 9.43. The minimum Gasteiger partial charge on any atom is -0.462 e. The van der Waals surface area contributed by atoms with E-state index < -0.39 is 11.9 Å². The Morgan fingerprint density at radius 2 is 1.72 bits per heavy atom. The molecule has 0 spiro atoms. The number of thioether (sulfide) groups is 1. The molecule has 0 atom stereocenters. The van der Waals surface area contributed by atoms with Crippen LogP contribution in [0.4, 0.5) is 10.7 Å². The molecule has 9 nitrogen and oxygen atoms in total. The lowest BCUT2D eigenvalue weighted by atomic mass is 10.1. The molecule has 0 bridgehead atoms. The predicted molar refractivity (Wildman–Crippen MR) is 141 cm³/mol. The topological polar surface area (TPSA) is 126 Å². The monoisotopic (exact) mass is 521 g/mol. The van der Waals surface area contributed by atoms with Crippen molar-refractivity contribution in [1.82, 2.24) is 15.2 Å². The molecule has 0 aliphatic heterocycles. The van der Waals surface area contributed by atoms with Crippen molar-refractivity contribution in [2.45, 2.75) is 19.0 Å². The molecule has 0 aliphatic rings. The number of amides is 2. The van der Waals surface area contributed by atoms with Gasteiger partial charge in [-0.1, -0.05) is 60.3 Å². The molecule has 0 fully saturated rings. The lowest BCUT2D eigenvalue weighted by Crippen LogP contribution is -2.18. The maximum Gasteiger partial charge on any atom is 0.348 e. The number of H-pyrrole nitrogens is 1. The van der Waals surface area contributed by atoms with Crippen LogP contribution < -0.4 is 10.6 Å². The van der Waals surface area contributed by atoms with E-state index >= 15 is 0 Å². The molecule has 0 aliphatic carbocycles. The Kier molecular flexibility index (Phi) is 8.13. The first-order chi connectivity index (χ1) is 17.5. The van der Waals surface area contributed by atoms with Gasteiger partial charge in [-0.15, -0.1) is 16.4 Å².